The predicted octanol–water partition coefficient (Wildman–Crippen LogP) is 1.79. The first-order valence-corrected chi connectivity index (χ1v) is 17.1. The van der Waals surface area contributed by atoms with Gasteiger partial charge in [-0.05, 0) is 36.4 Å². The zero-order chi connectivity index (χ0) is 40.2. The molecule has 1 aliphatic heterocycles. The number of ether oxygens (including phenoxy) is 3. The third-order valence-electron chi connectivity index (χ3n) is 8.92. The molecule has 288 valence electrons. The second-order valence-electron chi connectivity index (χ2n) is 12.6. The number of phenolic OH excluding ortho intramolecular Hbond substituents is 3. The van der Waals surface area contributed by atoms with Gasteiger partial charge >= 0.3 is 17.9 Å². The highest BCUT2D eigenvalue weighted by Crippen LogP contribution is 2.29. The Morgan fingerprint density at radius 1 is 0.474 bits per heavy atom. The van der Waals surface area contributed by atoms with E-state index in [0.717, 1.165) is 0 Å². The second-order valence-corrected chi connectivity index (χ2v) is 12.6. The Labute approximate surface area is 320 Å². The molecule has 0 saturated carbocycles. The van der Waals surface area contributed by atoms with Crippen molar-refractivity contribution >= 4 is 68.3 Å². The Morgan fingerprint density at radius 2 is 0.754 bits per heavy atom. The number of benzene rings is 3. The molecule has 57 heavy (non-hydrogen) atoms. The smallest absolute Gasteiger partial charge is 0.332 e. The number of aromatic hydroxyl groups is 3. The van der Waals surface area contributed by atoms with Crippen molar-refractivity contribution in [2.24, 2.45) is 0 Å². The van der Waals surface area contributed by atoms with Crippen molar-refractivity contribution in [3.63, 3.8) is 0 Å². The fourth-order valence-electron chi connectivity index (χ4n) is 5.95. The first kappa shape index (κ1) is 37.4. The summed E-state index contributed by atoms with van der Waals surface area (Å²) in [6, 6.07) is 12.9. The number of nitrogens with zero attached hydrogens (tertiary/aromatic N) is 3. The fraction of sp³-hybridized carbons (Fsp3) is 0.154. The van der Waals surface area contributed by atoms with E-state index in [1.165, 1.54) is 55.0 Å². The van der Waals surface area contributed by atoms with Crippen LogP contribution < -0.4 is 16.0 Å². The highest BCUT2D eigenvalue weighted by Gasteiger charge is 2.35. The van der Waals surface area contributed by atoms with Gasteiger partial charge in [0, 0.05) is 34.7 Å². The van der Waals surface area contributed by atoms with Crippen molar-refractivity contribution in [1.29, 1.82) is 0 Å². The minimum absolute atomic E-state index is 0.0926. The van der Waals surface area contributed by atoms with E-state index in [9.17, 15) is 44.1 Å². The number of amides is 3. The number of carbonyl (C=O) groups excluding carboxylic acids is 6. The van der Waals surface area contributed by atoms with E-state index in [2.05, 4.69) is 30.9 Å². The lowest BCUT2D eigenvalue weighted by Crippen LogP contribution is -2.52. The number of hydrogen-bond acceptors (Lipinski definition) is 15. The van der Waals surface area contributed by atoms with Gasteiger partial charge in [-0.1, -0.05) is 36.4 Å². The Morgan fingerprint density at radius 3 is 1.04 bits per heavy atom. The van der Waals surface area contributed by atoms with Crippen LogP contribution in [0.2, 0.25) is 0 Å². The summed E-state index contributed by atoms with van der Waals surface area (Å²) in [6.45, 7) is -2.64. The fourth-order valence-corrected chi connectivity index (χ4v) is 5.95. The van der Waals surface area contributed by atoms with Gasteiger partial charge < -0.3 is 45.5 Å². The highest BCUT2D eigenvalue weighted by molar-refractivity contribution is 6.06. The van der Waals surface area contributed by atoms with Crippen molar-refractivity contribution in [2.45, 2.75) is 18.1 Å². The third-order valence-corrected chi connectivity index (χ3v) is 8.92. The summed E-state index contributed by atoms with van der Waals surface area (Å²) in [4.78, 5) is 92.9. The van der Waals surface area contributed by atoms with E-state index in [0.29, 0.717) is 16.2 Å². The molecule has 3 aromatic heterocycles. The minimum atomic E-state index is -1.77. The van der Waals surface area contributed by atoms with Gasteiger partial charge in [-0.2, -0.15) is 0 Å². The lowest BCUT2D eigenvalue weighted by atomic mass is 10.1. The average molecular weight is 775 g/mol. The van der Waals surface area contributed by atoms with E-state index in [-0.39, 0.29) is 33.2 Å². The largest absolute Gasteiger partial charge is 0.505 e. The average Bonchev–Trinajstić information content (AvgIpc) is 3.22. The molecular formula is C39H30N6O12. The van der Waals surface area contributed by atoms with Crippen molar-refractivity contribution in [2.75, 3.05) is 19.8 Å². The maximum absolute atomic E-state index is 13.5. The van der Waals surface area contributed by atoms with E-state index >= 15 is 0 Å². The van der Waals surface area contributed by atoms with Crippen molar-refractivity contribution < 1.29 is 58.3 Å². The molecule has 3 atom stereocenters. The van der Waals surface area contributed by atoms with Gasteiger partial charge in [-0.15, -0.1) is 0 Å². The summed E-state index contributed by atoms with van der Waals surface area (Å²) in [5.41, 5.74) is -0.598. The number of nitrogens with one attached hydrogen (secondary N) is 3. The van der Waals surface area contributed by atoms with Crippen LogP contribution in [0.3, 0.4) is 0 Å². The monoisotopic (exact) mass is 774 g/mol. The van der Waals surface area contributed by atoms with Crippen LogP contribution in [-0.4, -0.2) is 104 Å². The first-order valence-electron chi connectivity index (χ1n) is 17.1. The molecule has 3 amide bonds. The topological polar surface area (TPSA) is 266 Å². The Balaban J connectivity index is 1.17. The molecule has 0 aliphatic carbocycles. The molecule has 0 spiro atoms. The van der Waals surface area contributed by atoms with Crippen LogP contribution in [0.5, 0.6) is 17.2 Å². The van der Waals surface area contributed by atoms with Crippen molar-refractivity contribution in [3.8, 4) is 17.2 Å². The van der Waals surface area contributed by atoms with Crippen LogP contribution in [0.4, 0.5) is 0 Å². The summed E-state index contributed by atoms with van der Waals surface area (Å²) in [5, 5.41) is 41.0. The van der Waals surface area contributed by atoms with Crippen LogP contribution in [0.25, 0.3) is 32.7 Å². The summed E-state index contributed by atoms with van der Waals surface area (Å²) in [6.07, 6.45) is 4.21. The summed E-state index contributed by atoms with van der Waals surface area (Å²) in [5.74, 6) is -8.23. The van der Waals surface area contributed by atoms with E-state index in [1.807, 2.05) is 0 Å². The summed E-state index contributed by atoms with van der Waals surface area (Å²) >= 11 is 0. The van der Waals surface area contributed by atoms with Crippen molar-refractivity contribution in [1.82, 2.24) is 30.9 Å². The maximum Gasteiger partial charge on any atom is 0.332 e. The molecular weight excluding hydrogens is 744 g/mol. The number of hydrogen-bond donors (Lipinski definition) is 6. The molecule has 6 aromatic rings. The molecule has 18 heteroatoms. The minimum Gasteiger partial charge on any atom is -0.505 e. The molecule has 3 aromatic carbocycles. The van der Waals surface area contributed by atoms with Crippen LogP contribution >= 0.6 is 0 Å². The Kier molecular flexibility index (Phi) is 10.4. The number of fused-ring (bicyclic) bond motifs is 3. The van der Waals surface area contributed by atoms with E-state index < -0.39 is 90.8 Å². The standard InChI is InChI=1S/C39H30N6O12/c46-31-22(10-7-19-4-1-13-40-28(19)31)34(49)43-25-16-55-38(53)27(45-36(51)24-12-9-21-6-3-15-42-30(21)33(24)48)18-57-39(54)26(17-56-37(25)52)44-35(50)23-11-8-20-5-2-14-41-29(20)32(23)47/h1-15,25-27,46-48H,16-18H2,(H,43,49)(H,44,50)(H,45,51)/t25-,26-,27+/m0/s1. The molecule has 18 nitrogen and oxygen atoms in total. The number of phenols is 3. The van der Waals surface area contributed by atoms with Gasteiger partial charge in [-0.25, -0.2) is 14.4 Å². The molecule has 4 heterocycles. The molecule has 7 rings (SSSR count). The molecule has 0 unspecified atom stereocenters. The van der Waals surface area contributed by atoms with Gasteiger partial charge in [-0.3, -0.25) is 29.3 Å². The van der Waals surface area contributed by atoms with Gasteiger partial charge in [0.1, 0.15) is 36.4 Å². The lowest BCUT2D eigenvalue weighted by molar-refractivity contribution is -0.160. The summed E-state index contributed by atoms with van der Waals surface area (Å²) in [7, 11) is 0. The number of cyclic esters (lactones) is 3. The van der Waals surface area contributed by atoms with Gasteiger partial charge in [0.2, 0.25) is 0 Å². The molecule has 0 radical (unpaired) electrons. The number of esters is 3. The number of pyridine rings is 3. The molecule has 0 bridgehead atoms. The molecule has 1 saturated heterocycles. The number of carbonyl (C=O) groups is 6. The third kappa shape index (κ3) is 7.72. The van der Waals surface area contributed by atoms with Gasteiger partial charge in [0.25, 0.3) is 17.7 Å². The van der Waals surface area contributed by atoms with Gasteiger partial charge in [0.15, 0.2) is 35.4 Å². The maximum atomic E-state index is 13.5. The molecule has 1 fully saturated rings. The first-order chi connectivity index (χ1) is 27.5. The molecule has 6 N–H and O–H groups in total. The lowest BCUT2D eigenvalue weighted by Gasteiger charge is -2.25. The van der Waals surface area contributed by atoms with Crippen LogP contribution in [0.15, 0.2) is 91.4 Å². The van der Waals surface area contributed by atoms with Crippen LogP contribution in [0, 0.1) is 0 Å². The SMILES string of the molecule is O=C(N[C@H]1COC(=O)[C@@H](NC(=O)c2ccc3cccnc3c2O)COC(=O)[C@H](NC(=O)c2ccc3cccnc3c2O)COC1=O)c1ccc2cccnc2c1O. The highest BCUT2D eigenvalue weighted by atomic mass is 16.6. The second kappa shape index (κ2) is 15.8. The van der Waals surface area contributed by atoms with Crippen LogP contribution in [-0.2, 0) is 28.6 Å². The summed E-state index contributed by atoms with van der Waals surface area (Å²) < 4.78 is 15.9. The normalized spacial score (nSPS) is 17.7. The van der Waals surface area contributed by atoms with Crippen molar-refractivity contribution in [3.05, 3.63) is 108 Å². The number of rotatable bonds is 6. The zero-order valence-corrected chi connectivity index (χ0v) is 29.4. The predicted molar refractivity (Wildman–Crippen MR) is 197 cm³/mol. The van der Waals surface area contributed by atoms with Gasteiger partial charge in [0.05, 0.1) is 16.7 Å². The Bertz CT molecular complexity index is 2330. The Hall–Kier alpha value is -7.89. The van der Waals surface area contributed by atoms with Crippen LogP contribution in [0.1, 0.15) is 31.1 Å². The van der Waals surface area contributed by atoms with E-state index in [1.54, 1.807) is 36.4 Å². The molecule has 1 aliphatic rings. The number of aromatic nitrogens is 3. The zero-order valence-electron chi connectivity index (χ0n) is 29.4. The quantitative estimate of drug-likeness (QED) is 0.104. The van der Waals surface area contributed by atoms with E-state index in [4.69, 9.17) is 14.2 Å².